The second-order valence-electron chi connectivity index (χ2n) is 5.56. The molecule has 0 bridgehead atoms. The van der Waals surface area contributed by atoms with Gasteiger partial charge in [-0.3, -0.25) is 9.59 Å². The quantitative estimate of drug-likeness (QED) is 0.621. The molecule has 138 valence electrons. The third-order valence-corrected chi connectivity index (χ3v) is 3.48. The number of benzene rings is 1. The number of rotatable bonds is 10. The molecule has 0 saturated carbocycles. The fraction of sp³-hybridized carbons (Fsp3) is 0.316. The van der Waals surface area contributed by atoms with Crippen LogP contribution in [0.2, 0.25) is 0 Å². The maximum atomic E-state index is 11.8. The van der Waals surface area contributed by atoms with Crippen LogP contribution in [0.4, 0.5) is 0 Å². The van der Waals surface area contributed by atoms with Crippen LogP contribution in [-0.4, -0.2) is 43.7 Å². The summed E-state index contributed by atoms with van der Waals surface area (Å²) in [5.74, 6) is 0.0581. The SMILES string of the molecule is COCCOc1ccc(CNC(=O)CNC(=O)Cc2ccccc2)cn1. The minimum atomic E-state index is -0.258. The zero-order chi connectivity index (χ0) is 18.6. The molecule has 0 fully saturated rings. The van der Waals surface area contributed by atoms with Crippen molar-refractivity contribution in [3.63, 3.8) is 0 Å². The van der Waals surface area contributed by atoms with Crippen molar-refractivity contribution in [2.75, 3.05) is 26.9 Å². The van der Waals surface area contributed by atoms with Gasteiger partial charge in [0.05, 0.1) is 19.6 Å². The molecule has 7 nitrogen and oxygen atoms in total. The van der Waals surface area contributed by atoms with Crippen LogP contribution in [0.1, 0.15) is 11.1 Å². The smallest absolute Gasteiger partial charge is 0.239 e. The van der Waals surface area contributed by atoms with Gasteiger partial charge in [0.1, 0.15) is 6.61 Å². The van der Waals surface area contributed by atoms with Crippen LogP contribution in [0.15, 0.2) is 48.7 Å². The number of carbonyl (C=O) groups is 2. The van der Waals surface area contributed by atoms with Gasteiger partial charge < -0.3 is 20.1 Å². The number of hydrogen-bond acceptors (Lipinski definition) is 5. The first kappa shape index (κ1) is 19.4. The fourth-order valence-electron chi connectivity index (χ4n) is 2.12. The highest BCUT2D eigenvalue weighted by molar-refractivity contribution is 5.85. The molecule has 2 amide bonds. The Hall–Kier alpha value is -2.93. The predicted molar refractivity (Wildman–Crippen MR) is 96.6 cm³/mol. The highest BCUT2D eigenvalue weighted by Crippen LogP contribution is 2.07. The van der Waals surface area contributed by atoms with Crippen molar-refractivity contribution in [2.45, 2.75) is 13.0 Å². The van der Waals surface area contributed by atoms with E-state index in [1.54, 1.807) is 19.4 Å². The lowest BCUT2D eigenvalue weighted by molar-refractivity contribution is -0.125. The van der Waals surface area contributed by atoms with E-state index >= 15 is 0 Å². The monoisotopic (exact) mass is 357 g/mol. The Bertz CT molecular complexity index is 690. The van der Waals surface area contributed by atoms with Crippen molar-refractivity contribution >= 4 is 11.8 Å². The second-order valence-corrected chi connectivity index (χ2v) is 5.56. The number of ether oxygens (including phenoxy) is 2. The molecular formula is C19H23N3O4. The molecule has 0 saturated heterocycles. The highest BCUT2D eigenvalue weighted by Gasteiger charge is 2.06. The zero-order valence-corrected chi connectivity index (χ0v) is 14.7. The van der Waals surface area contributed by atoms with E-state index in [1.807, 2.05) is 36.4 Å². The van der Waals surface area contributed by atoms with Gasteiger partial charge in [-0.1, -0.05) is 36.4 Å². The largest absolute Gasteiger partial charge is 0.475 e. The molecule has 0 atom stereocenters. The van der Waals surface area contributed by atoms with Crippen molar-refractivity contribution in [1.82, 2.24) is 15.6 Å². The summed E-state index contributed by atoms with van der Waals surface area (Å²) < 4.78 is 10.3. The molecule has 2 aromatic rings. The Balaban J connectivity index is 1.65. The van der Waals surface area contributed by atoms with E-state index < -0.39 is 0 Å². The number of aromatic nitrogens is 1. The van der Waals surface area contributed by atoms with Gasteiger partial charge in [0.2, 0.25) is 17.7 Å². The lowest BCUT2D eigenvalue weighted by Gasteiger charge is -2.08. The molecular weight excluding hydrogens is 334 g/mol. The minimum Gasteiger partial charge on any atom is -0.475 e. The molecule has 1 aromatic heterocycles. The first-order valence-corrected chi connectivity index (χ1v) is 8.31. The third-order valence-electron chi connectivity index (χ3n) is 3.48. The van der Waals surface area contributed by atoms with Crippen LogP contribution in [0.5, 0.6) is 5.88 Å². The third kappa shape index (κ3) is 7.31. The Labute approximate surface area is 152 Å². The predicted octanol–water partition coefficient (Wildman–Crippen LogP) is 1.08. The van der Waals surface area contributed by atoms with Gasteiger partial charge in [0, 0.05) is 25.9 Å². The van der Waals surface area contributed by atoms with Gasteiger partial charge in [0.25, 0.3) is 0 Å². The van der Waals surface area contributed by atoms with Crippen LogP contribution >= 0.6 is 0 Å². The van der Waals surface area contributed by atoms with Crippen molar-refractivity contribution in [3.8, 4) is 5.88 Å². The molecule has 0 unspecified atom stereocenters. The topological polar surface area (TPSA) is 89.5 Å². The van der Waals surface area contributed by atoms with E-state index in [0.29, 0.717) is 25.6 Å². The zero-order valence-electron chi connectivity index (χ0n) is 14.7. The molecule has 26 heavy (non-hydrogen) atoms. The van der Waals surface area contributed by atoms with Gasteiger partial charge in [-0.2, -0.15) is 0 Å². The summed E-state index contributed by atoms with van der Waals surface area (Å²) in [5.41, 5.74) is 1.75. The summed E-state index contributed by atoms with van der Waals surface area (Å²) in [7, 11) is 1.60. The molecule has 2 rings (SSSR count). The molecule has 0 spiro atoms. The van der Waals surface area contributed by atoms with Crippen LogP contribution in [-0.2, 0) is 27.3 Å². The molecule has 7 heteroatoms. The maximum absolute atomic E-state index is 11.8. The molecule has 1 aromatic carbocycles. The van der Waals surface area contributed by atoms with Crippen molar-refractivity contribution in [1.29, 1.82) is 0 Å². The minimum absolute atomic E-state index is 0.0582. The first-order valence-electron chi connectivity index (χ1n) is 8.31. The van der Waals surface area contributed by atoms with Crippen LogP contribution in [0.25, 0.3) is 0 Å². The lowest BCUT2D eigenvalue weighted by Crippen LogP contribution is -2.37. The van der Waals surface area contributed by atoms with E-state index in [-0.39, 0.29) is 24.8 Å². The molecule has 0 aliphatic rings. The maximum Gasteiger partial charge on any atom is 0.239 e. The summed E-state index contributed by atoms with van der Waals surface area (Å²) in [6.07, 6.45) is 1.89. The number of carbonyl (C=O) groups excluding carboxylic acids is 2. The number of nitrogens with zero attached hydrogens (tertiary/aromatic N) is 1. The van der Waals surface area contributed by atoms with Gasteiger partial charge in [-0.15, -0.1) is 0 Å². The molecule has 0 aliphatic heterocycles. The van der Waals surface area contributed by atoms with Gasteiger partial charge in [-0.25, -0.2) is 4.98 Å². The van der Waals surface area contributed by atoms with E-state index in [4.69, 9.17) is 9.47 Å². The van der Waals surface area contributed by atoms with Crippen molar-refractivity contribution in [2.24, 2.45) is 0 Å². The normalized spacial score (nSPS) is 10.2. The van der Waals surface area contributed by atoms with Gasteiger partial charge in [0.15, 0.2) is 0 Å². The number of amides is 2. The summed E-state index contributed by atoms with van der Waals surface area (Å²) in [6.45, 7) is 1.20. The van der Waals surface area contributed by atoms with Crippen molar-refractivity contribution in [3.05, 3.63) is 59.8 Å². The van der Waals surface area contributed by atoms with Crippen LogP contribution in [0, 0.1) is 0 Å². The van der Waals surface area contributed by atoms with E-state index in [9.17, 15) is 9.59 Å². The number of nitrogens with one attached hydrogen (secondary N) is 2. The molecule has 2 N–H and O–H groups in total. The molecule has 0 radical (unpaired) electrons. The summed E-state index contributed by atoms with van der Waals surface area (Å²) in [4.78, 5) is 27.8. The average molecular weight is 357 g/mol. The summed E-state index contributed by atoms with van der Waals surface area (Å²) >= 11 is 0. The Morgan fingerprint density at radius 3 is 2.46 bits per heavy atom. The average Bonchev–Trinajstić information content (AvgIpc) is 2.67. The van der Waals surface area contributed by atoms with E-state index in [1.165, 1.54) is 0 Å². The molecule has 1 heterocycles. The highest BCUT2D eigenvalue weighted by atomic mass is 16.5. The van der Waals surface area contributed by atoms with E-state index in [2.05, 4.69) is 15.6 Å². The van der Waals surface area contributed by atoms with Gasteiger partial charge in [-0.05, 0) is 11.1 Å². The van der Waals surface area contributed by atoms with Gasteiger partial charge >= 0.3 is 0 Å². The fourth-order valence-corrected chi connectivity index (χ4v) is 2.12. The van der Waals surface area contributed by atoms with E-state index in [0.717, 1.165) is 11.1 Å². The standard InChI is InChI=1S/C19H23N3O4/c1-25-9-10-26-19-8-7-16(13-22-19)12-20-18(24)14-21-17(23)11-15-5-3-2-4-6-15/h2-8,13H,9-12,14H2,1H3,(H,20,24)(H,21,23). The van der Waals surface area contributed by atoms with Crippen LogP contribution < -0.4 is 15.4 Å². The van der Waals surface area contributed by atoms with Crippen LogP contribution in [0.3, 0.4) is 0 Å². The van der Waals surface area contributed by atoms with Crippen molar-refractivity contribution < 1.29 is 19.1 Å². The Kier molecular flexibility index (Phi) is 8.08. The first-order chi connectivity index (χ1) is 12.7. The number of hydrogen-bond donors (Lipinski definition) is 2. The Morgan fingerprint density at radius 1 is 0.962 bits per heavy atom. The number of pyridine rings is 1. The lowest BCUT2D eigenvalue weighted by atomic mass is 10.1. The number of methoxy groups -OCH3 is 1. The summed E-state index contributed by atoms with van der Waals surface area (Å²) in [5, 5.41) is 5.34. The Morgan fingerprint density at radius 2 is 1.77 bits per heavy atom. The summed E-state index contributed by atoms with van der Waals surface area (Å²) in [6, 6.07) is 12.9. The second kappa shape index (κ2) is 10.8. The molecule has 0 aliphatic carbocycles.